The fourth-order valence-electron chi connectivity index (χ4n) is 1.02. The SMILES string of the molecule is CN(C)C(=O)c1cc(Br)cc(N)c1O. The molecule has 0 fully saturated rings. The van der Waals surface area contributed by atoms with Crippen LogP contribution >= 0.6 is 15.9 Å². The number of nitrogens with two attached hydrogens (primary N) is 1. The van der Waals surface area contributed by atoms with Crippen molar-refractivity contribution in [2.24, 2.45) is 0 Å². The van der Waals surface area contributed by atoms with E-state index in [1.807, 2.05) is 0 Å². The summed E-state index contributed by atoms with van der Waals surface area (Å²) in [6.45, 7) is 0. The van der Waals surface area contributed by atoms with Gasteiger partial charge in [0.05, 0.1) is 11.3 Å². The molecular formula is C9H11BrN2O2. The first-order chi connectivity index (χ1) is 6.43. The Morgan fingerprint density at radius 3 is 2.57 bits per heavy atom. The maximum atomic E-state index is 11.6. The minimum Gasteiger partial charge on any atom is -0.505 e. The Hall–Kier alpha value is -1.23. The smallest absolute Gasteiger partial charge is 0.257 e. The Kier molecular flexibility index (Phi) is 3.00. The molecule has 0 aliphatic heterocycles. The second kappa shape index (κ2) is 3.88. The highest BCUT2D eigenvalue weighted by atomic mass is 79.9. The molecule has 0 atom stereocenters. The van der Waals surface area contributed by atoms with Crippen LogP contribution in [0.2, 0.25) is 0 Å². The van der Waals surface area contributed by atoms with Gasteiger partial charge in [-0.15, -0.1) is 0 Å². The summed E-state index contributed by atoms with van der Waals surface area (Å²) >= 11 is 3.20. The molecule has 4 nitrogen and oxygen atoms in total. The van der Waals surface area contributed by atoms with E-state index in [-0.39, 0.29) is 22.9 Å². The Morgan fingerprint density at radius 1 is 1.50 bits per heavy atom. The van der Waals surface area contributed by atoms with Gasteiger partial charge in [-0.25, -0.2) is 0 Å². The summed E-state index contributed by atoms with van der Waals surface area (Å²) in [7, 11) is 3.22. The second-order valence-corrected chi connectivity index (χ2v) is 4.01. The molecule has 0 bridgehead atoms. The normalized spacial score (nSPS) is 9.93. The summed E-state index contributed by atoms with van der Waals surface area (Å²) in [6.07, 6.45) is 0. The third-order valence-electron chi connectivity index (χ3n) is 1.74. The number of carbonyl (C=O) groups is 1. The van der Waals surface area contributed by atoms with Crippen LogP contribution in [-0.4, -0.2) is 30.0 Å². The third kappa shape index (κ3) is 1.98. The van der Waals surface area contributed by atoms with E-state index < -0.39 is 0 Å². The summed E-state index contributed by atoms with van der Waals surface area (Å²) in [5.74, 6) is -0.456. The standard InChI is InChI=1S/C9H11BrN2O2/c1-12(2)9(14)6-3-5(10)4-7(11)8(6)13/h3-4,13H,11H2,1-2H3. The summed E-state index contributed by atoms with van der Waals surface area (Å²) < 4.78 is 0.665. The van der Waals surface area contributed by atoms with Crippen molar-refractivity contribution in [2.75, 3.05) is 19.8 Å². The molecule has 1 aromatic carbocycles. The molecule has 76 valence electrons. The molecule has 1 rings (SSSR count). The van der Waals surface area contributed by atoms with Gasteiger partial charge in [-0.2, -0.15) is 0 Å². The zero-order valence-electron chi connectivity index (χ0n) is 7.91. The maximum absolute atomic E-state index is 11.6. The number of phenols is 1. The summed E-state index contributed by atoms with van der Waals surface area (Å²) in [5.41, 5.74) is 5.89. The molecule has 0 heterocycles. The lowest BCUT2D eigenvalue weighted by Crippen LogP contribution is -2.22. The number of carbonyl (C=O) groups excluding carboxylic acids is 1. The Bertz CT molecular complexity index is 377. The molecule has 0 spiro atoms. The van der Waals surface area contributed by atoms with E-state index in [0.29, 0.717) is 4.47 Å². The number of hydrogen-bond donors (Lipinski definition) is 2. The Labute approximate surface area is 90.4 Å². The van der Waals surface area contributed by atoms with E-state index in [1.165, 1.54) is 11.0 Å². The minimum absolute atomic E-state index is 0.174. The molecule has 0 radical (unpaired) electrons. The lowest BCUT2D eigenvalue weighted by atomic mass is 10.1. The quantitative estimate of drug-likeness (QED) is 0.592. The summed E-state index contributed by atoms with van der Waals surface area (Å²) in [6, 6.07) is 3.08. The lowest BCUT2D eigenvalue weighted by molar-refractivity contribution is 0.0824. The highest BCUT2D eigenvalue weighted by Gasteiger charge is 2.15. The van der Waals surface area contributed by atoms with Crippen molar-refractivity contribution < 1.29 is 9.90 Å². The fourth-order valence-corrected chi connectivity index (χ4v) is 1.50. The van der Waals surface area contributed by atoms with Gasteiger partial charge in [0, 0.05) is 18.6 Å². The van der Waals surface area contributed by atoms with E-state index in [4.69, 9.17) is 5.73 Å². The van der Waals surface area contributed by atoms with Crippen molar-refractivity contribution >= 4 is 27.5 Å². The van der Waals surface area contributed by atoms with Gasteiger partial charge < -0.3 is 15.7 Å². The van der Waals surface area contributed by atoms with Crippen molar-refractivity contribution in [1.82, 2.24) is 4.90 Å². The van der Waals surface area contributed by atoms with Gasteiger partial charge in [0.25, 0.3) is 5.91 Å². The third-order valence-corrected chi connectivity index (χ3v) is 2.20. The van der Waals surface area contributed by atoms with Gasteiger partial charge in [0.1, 0.15) is 0 Å². The number of phenolic OH excluding ortho intramolecular Hbond substituents is 1. The summed E-state index contributed by atoms with van der Waals surface area (Å²) in [5, 5.41) is 9.55. The second-order valence-electron chi connectivity index (χ2n) is 3.09. The first-order valence-electron chi connectivity index (χ1n) is 3.93. The van der Waals surface area contributed by atoms with E-state index in [2.05, 4.69) is 15.9 Å². The number of rotatable bonds is 1. The molecule has 5 heteroatoms. The predicted octanol–water partition coefficient (Wildman–Crippen LogP) is 1.44. The van der Waals surface area contributed by atoms with Crippen molar-refractivity contribution in [3.8, 4) is 5.75 Å². The monoisotopic (exact) mass is 258 g/mol. The molecule has 1 amide bonds. The summed E-state index contributed by atoms with van der Waals surface area (Å²) in [4.78, 5) is 12.9. The van der Waals surface area contributed by atoms with Crippen LogP contribution in [0.1, 0.15) is 10.4 Å². The number of halogens is 1. The zero-order chi connectivity index (χ0) is 10.9. The lowest BCUT2D eigenvalue weighted by Gasteiger charge is -2.12. The number of nitrogens with zero attached hydrogens (tertiary/aromatic N) is 1. The number of nitrogen functional groups attached to an aromatic ring is 1. The minimum atomic E-state index is -0.282. The number of aromatic hydroxyl groups is 1. The molecule has 0 saturated carbocycles. The molecule has 0 unspecified atom stereocenters. The van der Waals surface area contributed by atoms with Crippen molar-refractivity contribution in [3.05, 3.63) is 22.2 Å². The highest BCUT2D eigenvalue weighted by Crippen LogP contribution is 2.29. The van der Waals surface area contributed by atoms with Crippen molar-refractivity contribution in [3.63, 3.8) is 0 Å². The first kappa shape index (κ1) is 10.8. The average molecular weight is 259 g/mol. The number of hydrogen-bond acceptors (Lipinski definition) is 3. The van der Waals surface area contributed by atoms with E-state index in [1.54, 1.807) is 20.2 Å². The number of anilines is 1. The number of benzene rings is 1. The maximum Gasteiger partial charge on any atom is 0.257 e. The molecular weight excluding hydrogens is 248 g/mol. The van der Waals surface area contributed by atoms with Crippen LogP contribution in [0, 0.1) is 0 Å². The van der Waals surface area contributed by atoms with Gasteiger partial charge in [0.15, 0.2) is 5.75 Å². The van der Waals surface area contributed by atoms with Crippen LogP contribution in [0.25, 0.3) is 0 Å². The largest absolute Gasteiger partial charge is 0.505 e. The van der Waals surface area contributed by atoms with Crippen LogP contribution in [-0.2, 0) is 0 Å². The van der Waals surface area contributed by atoms with Crippen molar-refractivity contribution in [2.45, 2.75) is 0 Å². The topological polar surface area (TPSA) is 66.6 Å². The molecule has 0 aliphatic carbocycles. The van der Waals surface area contributed by atoms with Crippen LogP contribution in [0.15, 0.2) is 16.6 Å². The fraction of sp³-hybridized carbons (Fsp3) is 0.222. The first-order valence-corrected chi connectivity index (χ1v) is 4.72. The highest BCUT2D eigenvalue weighted by molar-refractivity contribution is 9.10. The molecule has 3 N–H and O–H groups in total. The molecule has 0 saturated heterocycles. The molecule has 0 aliphatic rings. The van der Waals surface area contributed by atoms with Gasteiger partial charge in [-0.3, -0.25) is 4.79 Å². The Balaban J connectivity index is 3.27. The zero-order valence-corrected chi connectivity index (χ0v) is 9.50. The predicted molar refractivity (Wildman–Crippen MR) is 58.2 cm³/mol. The van der Waals surface area contributed by atoms with Crippen LogP contribution < -0.4 is 5.73 Å². The molecule has 1 aromatic rings. The molecule has 0 aromatic heterocycles. The van der Waals surface area contributed by atoms with E-state index in [0.717, 1.165) is 0 Å². The van der Waals surface area contributed by atoms with Gasteiger partial charge >= 0.3 is 0 Å². The molecule has 14 heavy (non-hydrogen) atoms. The van der Waals surface area contributed by atoms with Crippen LogP contribution in [0.3, 0.4) is 0 Å². The van der Waals surface area contributed by atoms with Crippen LogP contribution in [0.5, 0.6) is 5.75 Å². The number of amides is 1. The van der Waals surface area contributed by atoms with Crippen molar-refractivity contribution in [1.29, 1.82) is 0 Å². The van der Waals surface area contributed by atoms with Gasteiger partial charge in [-0.1, -0.05) is 15.9 Å². The Morgan fingerprint density at radius 2 is 2.07 bits per heavy atom. The van der Waals surface area contributed by atoms with E-state index in [9.17, 15) is 9.90 Å². The van der Waals surface area contributed by atoms with Crippen LogP contribution in [0.4, 0.5) is 5.69 Å². The van der Waals surface area contributed by atoms with Gasteiger partial charge in [0.2, 0.25) is 0 Å². The van der Waals surface area contributed by atoms with E-state index >= 15 is 0 Å². The average Bonchev–Trinajstić information content (AvgIpc) is 2.09. The van der Waals surface area contributed by atoms with Gasteiger partial charge in [-0.05, 0) is 12.1 Å².